The summed E-state index contributed by atoms with van der Waals surface area (Å²) < 4.78 is 28.1. The molecule has 0 aromatic heterocycles. The van der Waals surface area contributed by atoms with Crippen LogP contribution in [0, 0.1) is 0 Å². The second-order valence-corrected chi connectivity index (χ2v) is 7.41. The maximum Gasteiger partial charge on any atom is 0.277 e. The Morgan fingerprint density at radius 3 is 2.00 bits per heavy atom. The van der Waals surface area contributed by atoms with Gasteiger partial charge in [-0.25, -0.2) is 0 Å². The van der Waals surface area contributed by atoms with Gasteiger partial charge < -0.3 is 10.0 Å². The second kappa shape index (κ2) is 5.62. The standard InChI is InChI=1S/C10H25N3O3S/c1-9(2,3)12-17(15,16)11-7-10(4,14)8-13(5)6/h11-12,14H,7-8H2,1-6H3. The molecule has 0 radical (unpaired) electrons. The van der Waals surface area contributed by atoms with Crippen molar-refractivity contribution in [2.75, 3.05) is 27.2 Å². The average Bonchev–Trinajstić information content (AvgIpc) is 1.94. The van der Waals surface area contributed by atoms with E-state index in [-0.39, 0.29) is 6.54 Å². The van der Waals surface area contributed by atoms with Crippen molar-refractivity contribution in [2.45, 2.75) is 38.8 Å². The molecule has 0 saturated heterocycles. The molecule has 0 bridgehead atoms. The predicted octanol–water partition coefficient (Wildman–Crippen LogP) is -0.478. The molecule has 7 heteroatoms. The van der Waals surface area contributed by atoms with Gasteiger partial charge in [-0.2, -0.15) is 17.9 Å². The fourth-order valence-electron chi connectivity index (χ4n) is 1.43. The van der Waals surface area contributed by atoms with Crippen molar-refractivity contribution in [3.63, 3.8) is 0 Å². The van der Waals surface area contributed by atoms with E-state index in [0.29, 0.717) is 6.54 Å². The van der Waals surface area contributed by atoms with E-state index in [0.717, 1.165) is 0 Å². The molecule has 0 aromatic rings. The molecule has 1 atom stereocenters. The maximum atomic E-state index is 11.6. The Morgan fingerprint density at radius 1 is 1.18 bits per heavy atom. The SMILES string of the molecule is CN(C)CC(C)(O)CNS(=O)(=O)NC(C)(C)C. The molecule has 0 heterocycles. The van der Waals surface area contributed by atoms with Crippen molar-refractivity contribution in [1.82, 2.24) is 14.3 Å². The minimum Gasteiger partial charge on any atom is -0.387 e. The van der Waals surface area contributed by atoms with Crippen LogP contribution in [0.15, 0.2) is 0 Å². The highest BCUT2D eigenvalue weighted by atomic mass is 32.2. The van der Waals surface area contributed by atoms with Crippen LogP contribution in [-0.2, 0) is 10.2 Å². The van der Waals surface area contributed by atoms with Gasteiger partial charge >= 0.3 is 0 Å². The highest BCUT2D eigenvalue weighted by Gasteiger charge is 2.26. The monoisotopic (exact) mass is 267 g/mol. The van der Waals surface area contributed by atoms with Gasteiger partial charge in [0.1, 0.15) is 0 Å². The summed E-state index contributed by atoms with van der Waals surface area (Å²) in [6, 6.07) is 0. The molecule has 1 unspecified atom stereocenters. The molecule has 0 aromatic carbocycles. The molecule has 0 aliphatic heterocycles. The molecule has 0 fully saturated rings. The number of hydrogen-bond acceptors (Lipinski definition) is 4. The lowest BCUT2D eigenvalue weighted by molar-refractivity contribution is 0.0384. The first-order valence-corrected chi connectivity index (χ1v) is 6.97. The van der Waals surface area contributed by atoms with E-state index >= 15 is 0 Å². The zero-order valence-electron chi connectivity index (χ0n) is 11.5. The lowest BCUT2D eigenvalue weighted by Gasteiger charge is -2.28. The van der Waals surface area contributed by atoms with Crippen molar-refractivity contribution in [1.29, 1.82) is 0 Å². The molecule has 0 aliphatic carbocycles. The Hall–Kier alpha value is -0.210. The van der Waals surface area contributed by atoms with Gasteiger partial charge in [-0.15, -0.1) is 0 Å². The summed E-state index contributed by atoms with van der Waals surface area (Å²) in [4.78, 5) is 1.80. The number of hydrogen-bond donors (Lipinski definition) is 3. The Labute approximate surface area is 105 Å². The van der Waals surface area contributed by atoms with Gasteiger partial charge in [0.05, 0.1) is 5.60 Å². The average molecular weight is 267 g/mol. The fourth-order valence-corrected chi connectivity index (χ4v) is 2.81. The van der Waals surface area contributed by atoms with E-state index in [1.54, 1.807) is 32.6 Å². The minimum absolute atomic E-state index is 0.0312. The van der Waals surface area contributed by atoms with Crippen molar-refractivity contribution >= 4 is 10.2 Å². The molecule has 17 heavy (non-hydrogen) atoms. The quantitative estimate of drug-likeness (QED) is 0.607. The third kappa shape index (κ3) is 9.49. The van der Waals surface area contributed by atoms with Gasteiger partial charge in [0.2, 0.25) is 0 Å². The molecule has 0 spiro atoms. The first-order chi connectivity index (χ1) is 7.33. The van der Waals surface area contributed by atoms with E-state index in [4.69, 9.17) is 0 Å². The minimum atomic E-state index is -3.59. The van der Waals surface area contributed by atoms with Crippen LogP contribution in [0.3, 0.4) is 0 Å². The summed E-state index contributed by atoms with van der Waals surface area (Å²) in [5, 5.41) is 9.95. The predicted molar refractivity (Wildman–Crippen MR) is 69.0 cm³/mol. The molecule has 0 amide bonds. The number of aliphatic hydroxyl groups is 1. The van der Waals surface area contributed by atoms with E-state index in [1.165, 1.54) is 0 Å². The molecule has 6 nitrogen and oxygen atoms in total. The number of nitrogens with zero attached hydrogens (tertiary/aromatic N) is 1. The van der Waals surface area contributed by atoms with Crippen LogP contribution in [0.4, 0.5) is 0 Å². The van der Waals surface area contributed by atoms with Gasteiger partial charge in [0, 0.05) is 18.6 Å². The summed E-state index contributed by atoms with van der Waals surface area (Å²) in [6.07, 6.45) is 0. The smallest absolute Gasteiger partial charge is 0.277 e. The van der Waals surface area contributed by atoms with E-state index < -0.39 is 21.3 Å². The molecular formula is C10H25N3O3S. The molecule has 0 aliphatic rings. The van der Waals surface area contributed by atoms with Crippen molar-refractivity contribution in [2.24, 2.45) is 0 Å². The van der Waals surface area contributed by atoms with Crippen molar-refractivity contribution in [3.05, 3.63) is 0 Å². The van der Waals surface area contributed by atoms with Crippen LogP contribution in [0.25, 0.3) is 0 Å². The topological polar surface area (TPSA) is 81.7 Å². The molecule has 104 valence electrons. The lowest BCUT2D eigenvalue weighted by Crippen LogP contribution is -2.52. The summed E-state index contributed by atoms with van der Waals surface area (Å²) in [5.74, 6) is 0. The Balaban J connectivity index is 4.37. The van der Waals surface area contributed by atoms with E-state index in [1.807, 2.05) is 14.1 Å². The Kier molecular flexibility index (Phi) is 5.55. The number of rotatable bonds is 6. The van der Waals surface area contributed by atoms with Crippen LogP contribution in [0.1, 0.15) is 27.7 Å². The highest BCUT2D eigenvalue weighted by molar-refractivity contribution is 7.87. The third-order valence-corrected chi connectivity index (χ3v) is 3.15. The molecular weight excluding hydrogens is 242 g/mol. The van der Waals surface area contributed by atoms with Crippen LogP contribution in [-0.4, -0.2) is 56.7 Å². The highest BCUT2D eigenvalue weighted by Crippen LogP contribution is 2.05. The van der Waals surface area contributed by atoms with Gasteiger partial charge in [-0.1, -0.05) is 0 Å². The Bertz CT molecular complexity index is 331. The maximum absolute atomic E-state index is 11.6. The van der Waals surface area contributed by atoms with E-state index in [2.05, 4.69) is 9.44 Å². The van der Waals surface area contributed by atoms with Gasteiger partial charge in [0.15, 0.2) is 0 Å². The first kappa shape index (κ1) is 16.8. The zero-order valence-corrected chi connectivity index (χ0v) is 12.3. The summed E-state index contributed by atoms with van der Waals surface area (Å²) in [6.45, 7) is 7.20. The van der Waals surface area contributed by atoms with Gasteiger partial charge in [-0.05, 0) is 41.8 Å². The summed E-state index contributed by atoms with van der Waals surface area (Å²) in [7, 11) is 0.0449. The van der Waals surface area contributed by atoms with Gasteiger partial charge in [0.25, 0.3) is 10.2 Å². The van der Waals surface area contributed by atoms with Crippen LogP contribution < -0.4 is 9.44 Å². The molecule has 3 N–H and O–H groups in total. The summed E-state index contributed by atoms with van der Waals surface area (Å²) in [5.41, 5.74) is -1.64. The van der Waals surface area contributed by atoms with Crippen molar-refractivity contribution < 1.29 is 13.5 Å². The zero-order chi connectivity index (χ0) is 13.9. The third-order valence-electron chi connectivity index (χ3n) is 1.74. The van der Waals surface area contributed by atoms with Crippen molar-refractivity contribution in [3.8, 4) is 0 Å². The van der Waals surface area contributed by atoms with Crippen LogP contribution in [0.2, 0.25) is 0 Å². The Morgan fingerprint density at radius 2 is 1.65 bits per heavy atom. The van der Waals surface area contributed by atoms with Crippen LogP contribution in [0.5, 0.6) is 0 Å². The lowest BCUT2D eigenvalue weighted by atomic mass is 10.1. The number of likely N-dealkylation sites (N-methyl/N-ethyl adjacent to an activating group) is 1. The van der Waals surface area contributed by atoms with Crippen LogP contribution >= 0.6 is 0 Å². The fraction of sp³-hybridized carbons (Fsp3) is 1.00. The van der Waals surface area contributed by atoms with E-state index in [9.17, 15) is 13.5 Å². The largest absolute Gasteiger partial charge is 0.387 e. The normalized spacial score (nSPS) is 17.2. The number of nitrogens with one attached hydrogen (secondary N) is 2. The van der Waals surface area contributed by atoms with Gasteiger partial charge in [-0.3, -0.25) is 0 Å². The molecule has 0 rings (SSSR count). The first-order valence-electron chi connectivity index (χ1n) is 5.49. The summed E-state index contributed by atoms with van der Waals surface area (Å²) >= 11 is 0. The molecule has 0 saturated carbocycles. The second-order valence-electron chi connectivity index (χ2n) is 5.91.